The average Bonchev–Trinajstić information content (AvgIpc) is 2.41. The molecule has 0 radical (unpaired) electrons. The van der Waals surface area contributed by atoms with Gasteiger partial charge >= 0.3 is 0 Å². The van der Waals surface area contributed by atoms with Crippen molar-refractivity contribution in [2.75, 3.05) is 10.6 Å². The molecule has 23 heavy (non-hydrogen) atoms. The Labute approximate surface area is 144 Å². The summed E-state index contributed by atoms with van der Waals surface area (Å²) in [6, 6.07) is -1.60. The number of primary amides is 1. The molecule has 0 saturated heterocycles. The van der Waals surface area contributed by atoms with Crippen molar-refractivity contribution in [2.24, 2.45) is 11.7 Å². The number of amides is 1. The summed E-state index contributed by atoms with van der Waals surface area (Å²) in [6.45, 7) is 3.18. The van der Waals surface area contributed by atoms with Gasteiger partial charge in [0.1, 0.15) is 5.82 Å². The zero-order valence-corrected chi connectivity index (χ0v) is 13.6. The number of anilines is 2. The van der Waals surface area contributed by atoms with Crippen LogP contribution in [0.15, 0.2) is 6.20 Å². The Kier molecular flexibility index (Phi) is 3.38. The maximum atomic E-state index is 11.7. The number of nitrogens with two attached hydrogens (primary N) is 1. The van der Waals surface area contributed by atoms with E-state index in [2.05, 4.69) is 20.6 Å². The van der Waals surface area contributed by atoms with Crippen LogP contribution >= 0.6 is 0 Å². The largest absolute Gasteiger partial charge is 0.393 e. The van der Waals surface area contributed by atoms with Crippen LogP contribution in [0.1, 0.15) is 64.1 Å². The summed E-state index contributed by atoms with van der Waals surface area (Å²) >= 11 is 0. The van der Waals surface area contributed by atoms with Gasteiger partial charge in [-0.25, -0.2) is 4.98 Å². The molecule has 0 aromatic carbocycles. The van der Waals surface area contributed by atoms with E-state index >= 15 is 0 Å². The number of aromatic nitrogens is 2. The van der Waals surface area contributed by atoms with Crippen LogP contribution < -0.4 is 16.4 Å². The topological polar surface area (TPSA) is 113 Å². The summed E-state index contributed by atoms with van der Waals surface area (Å²) in [7, 11) is 0. The van der Waals surface area contributed by atoms with Gasteiger partial charge in [-0.15, -0.1) is 0 Å². The molecule has 7 nitrogen and oxygen atoms in total. The second-order valence-electron chi connectivity index (χ2n) is 6.68. The minimum Gasteiger partial charge on any atom is -0.393 e. The van der Waals surface area contributed by atoms with Crippen molar-refractivity contribution in [1.29, 1.82) is 0 Å². The molecule has 1 aromatic heterocycles. The van der Waals surface area contributed by atoms with Crippen molar-refractivity contribution in [1.82, 2.24) is 9.97 Å². The van der Waals surface area contributed by atoms with E-state index in [0.717, 1.165) is 0 Å². The highest BCUT2D eigenvalue weighted by Crippen LogP contribution is 2.27. The summed E-state index contributed by atoms with van der Waals surface area (Å²) in [5, 5.41) is 16.2. The van der Waals surface area contributed by atoms with Crippen LogP contribution in [0.2, 0.25) is 0 Å². The summed E-state index contributed by atoms with van der Waals surface area (Å²) in [5.74, 6) is -1.86. The lowest BCUT2D eigenvalue weighted by Gasteiger charge is -2.32. The van der Waals surface area contributed by atoms with Crippen molar-refractivity contribution in [2.45, 2.75) is 64.5 Å². The molecule has 1 saturated carbocycles. The number of hydrogen-bond acceptors (Lipinski definition) is 6. The summed E-state index contributed by atoms with van der Waals surface area (Å²) in [6.07, 6.45) is -1.59. The molecule has 1 amide bonds. The molecular formula is C16H27N5O2. The molecular weight excluding hydrogens is 294 g/mol. The maximum absolute atomic E-state index is 11.7. The molecule has 5 N–H and O–H groups in total. The standard InChI is InChI=1S/C16H27N5O2/c1-9-5-6-10(7-12(9)22)19-14-11(13(17)23)8-18-15(20-14)21-16(2,3)4/h8-10,12,22H,5-7H2,1-4H3,(H2,17,23)(H2,18,19,20,21)/i1D3,10D,12D. The molecule has 1 fully saturated rings. The molecule has 1 aliphatic carbocycles. The van der Waals surface area contributed by atoms with Gasteiger partial charge in [-0.1, -0.05) is 6.85 Å². The van der Waals surface area contributed by atoms with Crippen molar-refractivity contribution < 1.29 is 16.8 Å². The minimum atomic E-state index is -2.51. The maximum Gasteiger partial charge on any atom is 0.254 e. The summed E-state index contributed by atoms with van der Waals surface area (Å²) in [5.41, 5.74) is 4.97. The number of hydrogen-bond donors (Lipinski definition) is 4. The third-order valence-corrected chi connectivity index (χ3v) is 3.37. The number of nitrogens with zero attached hydrogens (tertiary/aromatic N) is 2. The second kappa shape index (κ2) is 6.70. The fraction of sp³-hybridized carbons (Fsp3) is 0.688. The van der Waals surface area contributed by atoms with Gasteiger partial charge in [0, 0.05) is 21.9 Å². The number of carbonyl (C=O) groups excluding carboxylic acids is 1. The first kappa shape index (κ1) is 11.6. The first-order chi connectivity index (χ1) is 12.5. The van der Waals surface area contributed by atoms with E-state index in [4.69, 9.17) is 12.6 Å². The van der Waals surface area contributed by atoms with Crippen LogP contribution in [0, 0.1) is 5.92 Å². The predicted octanol–water partition coefficient (Wildman–Crippen LogP) is 1.75. The van der Waals surface area contributed by atoms with E-state index < -0.39 is 37.2 Å². The molecule has 1 aliphatic rings. The van der Waals surface area contributed by atoms with Gasteiger partial charge in [0.05, 0.1) is 14.4 Å². The lowest BCUT2D eigenvalue weighted by atomic mass is 9.85. The fourth-order valence-electron chi connectivity index (χ4n) is 2.24. The second-order valence-corrected chi connectivity index (χ2v) is 6.68. The van der Waals surface area contributed by atoms with Gasteiger partial charge < -0.3 is 21.5 Å². The van der Waals surface area contributed by atoms with E-state index in [9.17, 15) is 9.90 Å². The first-order valence-corrected chi connectivity index (χ1v) is 7.48. The Balaban J connectivity index is 2.33. The zero-order chi connectivity index (χ0) is 21.5. The molecule has 128 valence electrons. The zero-order valence-electron chi connectivity index (χ0n) is 18.6. The average molecular weight is 326 g/mol. The van der Waals surface area contributed by atoms with E-state index in [0.29, 0.717) is 0 Å². The molecule has 1 heterocycles. The monoisotopic (exact) mass is 326 g/mol. The Morgan fingerprint density at radius 1 is 1.52 bits per heavy atom. The van der Waals surface area contributed by atoms with Crippen molar-refractivity contribution in [3.8, 4) is 0 Å². The Morgan fingerprint density at radius 3 is 2.83 bits per heavy atom. The highest BCUT2D eigenvalue weighted by Gasteiger charge is 2.27. The lowest BCUT2D eigenvalue weighted by molar-refractivity contribution is 0.0739. The van der Waals surface area contributed by atoms with Crippen LogP contribution in [-0.4, -0.2) is 38.6 Å². The van der Waals surface area contributed by atoms with Crippen LogP contribution in [0.25, 0.3) is 0 Å². The van der Waals surface area contributed by atoms with E-state index in [1.54, 1.807) is 0 Å². The van der Waals surface area contributed by atoms with Crippen LogP contribution in [0.4, 0.5) is 11.8 Å². The fourth-order valence-corrected chi connectivity index (χ4v) is 2.24. The number of aliphatic hydroxyl groups is 1. The minimum absolute atomic E-state index is 0.00705. The predicted molar refractivity (Wildman–Crippen MR) is 90.4 cm³/mol. The molecule has 3 atom stereocenters. The molecule has 7 heteroatoms. The molecule has 2 rings (SSSR count). The van der Waals surface area contributed by atoms with E-state index in [1.807, 2.05) is 20.8 Å². The Morgan fingerprint density at radius 2 is 2.26 bits per heavy atom. The molecule has 0 bridgehead atoms. The van der Waals surface area contributed by atoms with E-state index in [-0.39, 0.29) is 35.7 Å². The van der Waals surface area contributed by atoms with E-state index in [1.165, 1.54) is 6.20 Å². The quantitative estimate of drug-likeness (QED) is 0.670. The molecule has 3 unspecified atom stereocenters. The Hall–Kier alpha value is -1.89. The van der Waals surface area contributed by atoms with Crippen LogP contribution in [0.3, 0.4) is 0 Å². The summed E-state index contributed by atoms with van der Waals surface area (Å²) < 4.78 is 39.2. The number of nitrogens with one attached hydrogen (secondary N) is 2. The lowest BCUT2D eigenvalue weighted by Crippen LogP contribution is -2.36. The molecule has 0 spiro atoms. The number of carbonyl (C=O) groups is 1. The van der Waals surface area contributed by atoms with Gasteiger partial charge in [-0.2, -0.15) is 4.98 Å². The van der Waals surface area contributed by atoms with Crippen LogP contribution in [0.5, 0.6) is 0 Å². The third kappa shape index (κ3) is 4.79. The van der Waals surface area contributed by atoms with Gasteiger partial charge in [0.15, 0.2) is 0 Å². The van der Waals surface area contributed by atoms with Gasteiger partial charge in [0.25, 0.3) is 5.91 Å². The summed E-state index contributed by atoms with van der Waals surface area (Å²) in [4.78, 5) is 20.0. The normalized spacial score (nSPS) is 35.1. The smallest absolute Gasteiger partial charge is 0.254 e. The van der Waals surface area contributed by atoms with Crippen molar-refractivity contribution >= 4 is 17.7 Å². The first-order valence-electron chi connectivity index (χ1n) is 9.98. The van der Waals surface area contributed by atoms with Crippen molar-refractivity contribution in [3.63, 3.8) is 0 Å². The molecule has 0 aliphatic heterocycles. The van der Waals surface area contributed by atoms with Gasteiger partial charge in [-0.05, 0) is 46.0 Å². The SMILES string of the molecule is [2H]C1(Nc2nc(NC(C)(C)C)ncc2C(N)=O)CCC(C([2H])([2H])[2H])C([2H])(O)C1. The highest BCUT2D eigenvalue weighted by molar-refractivity contribution is 5.97. The number of rotatable bonds is 4. The van der Waals surface area contributed by atoms with Gasteiger partial charge in [-0.3, -0.25) is 4.79 Å². The molecule has 1 aromatic rings. The van der Waals surface area contributed by atoms with Crippen LogP contribution in [-0.2, 0) is 0 Å². The van der Waals surface area contributed by atoms with Crippen molar-refractivity contribution in [3.05, 3.63) is 11.8 Å². The van der Waals surface area contributed by atoms with Gasteiger partial charge in [0.2, 0.25) is 5.95 Å². The third-order valence-electron chi connectivity index (χ3n) is 3.37. The highest BCUT2D eigenvalue weighted by atomic mass is 16.3. The Bertz CT molecular complexity index is 750.